The number of carbonyl (C=O) groups excluding carboxylic acids is 1. The first-order valence-electron chi connectivity index (χ1n) is 6.13. The monoisotopic (exact) mass is 243 g/mol. The Morgan fingerprint density at radius 3 is 2.67 bits per heavy atom. The summed E-state index contributed by atoms with van der Waals surface area (Å²) in [4.78, 5) is 13.9. The van der Waals surface area contributed by atoms with Crippen molar-refractivity contribution in [3.8, 4) is 6.07 Å². The van der Waals surface area contributed by atoms with Crippen molar-refractivity contribution >= 4 is 11.6 Å². The molecule has 1 N–H and O–H groups in total. The molecule has 1 atom stereocenters. The summed E-state index contributed by atoms with van der Waals surface area (Å²) >= 11 is 0. The number of nitrogens with one attached hydrogen (secondary N) is 1. The molecule has 0 fully saturated rings. The second-order valence-electron chi connectivity index (χ2n) is 4.53. The molecule has 1 aliphatic heterocycles. The van der Waals surface area contributed by atoms with Gasteiger partial charge in [-0.2, -0.15) is 5.26 Å². The van der Waals surface area contributed by atoms with Crippen molar-refractivity contribution in [2.45, 2.75) is 26.8 Å². The molecule has 1 aliphatic rings. The molecule has 1 aromatic carbocycles. The lowest BCUT2D eigenvalue weighted by Crippen LogP contribution is -2.35. The van der Waals surface area contributed by atoms with Crippen LogP contribution in [0.3, 0.4) is 0 Å². The Morgan fingerprint density at radius 1 is 1.39 bits per heavy atom. The number of aryl methyl sites for hydroxylation is 2. The molecule has 0 saturated carbocycles. The van der Waals surface area contributed by atoms with Gasteiger partial charge >= 0.3 is 0 Å². The van der Waals surface area contributed by atoms with Crippen LogP contribution in [0.5, 0.6) is 0 Å². The molecule has 18 heavy (non-hydrogen) atoms. The van der Waals surface area contributed by atoms with Gasteiger partial charge in [-0.25, -0.2) is 0 Å². The number of likely N-dealkylation sites (N-methyl/N-ethyl adjacent to an activating group) is 1. The van der Waals surface area contributed by atoms with Gasteiger partial charge < -0.3 is 5.32 Å². The lowest BCUT2D eigenvalue weighted by molar-refractivity contribution is -0.119. The minimum absolute atomic E-state index is 0.0224. The zero-order chi connectivity index (χ0) is 13.3. The summed E-state index contributed by atoms with van der Waals surface area (Å²) in [5.74, 6) is -0.0224. The Hall–Kier alpha value is -1.86. The van der Waals surface area contributed by atoms with E-state index in [-0.39, 0.29) is 18.5 Å². The first-order chi connectivity index (χ1) is 8.61. The minimum Gasteiger partial charge on any atom is -0.302 e. The number of nitriles is 1. The number of hydrogen-bond acceptors (Lipinski definition) is 3. The molecule has 1 unspecified atom stereocenters. The summed E-state index contributed by atoms with van der Waals surface area (Å²) in [6.07, 6.45) is 0. The van der Waals surface area contributed by atoms with Crippen LogP contribution >= 0.6 is 0 Å². The predicted octanol–water partition coefficient (Wildman–Crippen LogP) is 1.82. The Kier molecular flexibility index (Phi) is 3.35. The highest BCUT2D eigenvalue weighted by Crippen LogP contribution is 2.40. The van der Waals surface area contributed by atoms with Crippen LogP contribution in [-0.2, 0) is 4.79 Å². The maximum atomic E-state index is 12.4. The smallest absolute Gasteiger partial charge is 0.249 e. The number of anilines is 1. The van der Waals surface area contributed by atoms with Crippen molar-refractivity contribution in [3.05, 3.63) is 28.8 Å². The number of benzene rings is 1. The standard InChI is InChI=1S/C14H17N3O/c1-4-16-12-11-9(2)5-6-10(3)13(11)17(8-7-15)14(12)18/h5-6,12,16H,4,8H2,1-3H3. The number of hydrogen-bond donors (Lipinski definition) is 1. The second kappa shape index (κ2) is 4.79. The fourth-order valence-electron chi connectivity index (χ4n) is 2.55. The molecule has 4 heteroatoms. The molecule has 1 aromatic rings. The highest BCUT2D eigenvalue weighted by molar-refractivity contribution is 6.06. The molecular weight excluding hydrogens is 226 g/mol. The van der Waals surface area contributed by atoms with E-state index in [9.17, 15) is 4.79 Å². The molecule has 0 saturated heterocycles. The molecule has 0 spiro atoms. The molecular formula is C14H17N3O. The zero-order valence-electron chi connectivity index (χ0n) is 10.9. The molecule has 0 radical (unpaired) electrons. The van der Waals surface area contributed by atoms with Crippen molar-refractivity contribution in [2.24, 2.45) is 0 Å². The van der Waals surface area contributed by atoms with Crippen molar-refractivity contribution in [1.29, 1.82) is 5.26 Å². The van der Waals surface area contributed by atoms with Gasteiger partial charge in [0, 0.05) is 5.56 Å². The van der Waals surface area contributed by atoms with Crippen molar-refractivity contribution in [2.75, 3.05) is 18.0 Å². The number of rotatable bonds is 3. The SMILES string of the molecule is CCNC1C(=O)N(CC#N)c2c(C)ccc(C)c21. The maximum absolute atomic E-state index is 12.4. The molecule has 0 aromatic heterocycles. The third-order valence-electron chi connectivity index (χ3n) is 3.35. The van der Waals surface area contributed by atoms with Crippen LogP contribution in [0.25, 0.3) is 0 Å². The van der Waals surface area contributed by atoms with Crippen molar-refractivity contribution in [3.63, 3.8) is 0 Å². The Balaban J connectivity index is 2.59. The van der Waals surface area contributed by atoms with E-state index in [2.05, 4.69) is 11.4 Å². The van der Waals surface area contributed by atoms with Gasteiger partial charge in [-0.3, -0.25) is 9.69 Å². The molecule has 0 aliphatic carbocycles. The first kappa shape index (κ1) is 12.6. The Labute approximate surface area is 107 Å². The quantitative estimate of drug-likeness (QED) is 0.824. The third-order valence-corrected chi connectivity index (χ3v) is 3.35. The van der Waals surface area contributed by atoms with Crippen molar-refractivity contribution < 1.29 is 4.79 Å². The van der Waals surface area contributed by atoms with Gasteiger partial charge in [0.15, 0.2) is 0 Å². The van der Waals surface area contributed by atoms with E-state index in [4.69, 9.17) is 5.26 Å². The summed E-state index contributed by atoms with van der Waals surface area (Å²) in [5.41, 5.74) is 4.07. The Bertz CT molecular complexity index is 531. The van der Waals surface area contributed by atoms with Crippen LogP contribution in [0, 0.1) is 25.2 Å². The lowest BCUT2D eigenvalue weighted by atomic mass is 9.99. The maximum Gasteiger partial charge on any atom is 0.249 e. The highest BCUT2D eigenvalue weighted by atomic mass is 16.2. The molecule has 2 rings (SSSR count). The number of carbonyl (C=O) groups is 1. The second-order valence-corrected chi connectivity index (χ2v) is 4.53. The van der Waals surface area contributed by atoms with Gasteiger partial charge in [0.2, 0.25) is 5.91 Å². The predicted molar refractivity (Wildman–Crippen MR) is 70.3 cm³/mol. The fourth-order valence-corrected chi connectivity index (χ4v) is 2.55. The minimum atomic E-state index is -0.307. The first-order valence-corrected chi connectivity index (χ1v) is 6.13. The van der Waals surface area contributed by atoms with Crippen LogP contribution in [0.4, 0.5) is 5.69 Å². The largest absolute Gasteiger partial charge is 0.302 e. The summed E-state index contributed by atoms with van der Waals surface area (Å²) in [6.45, 7) is 6.79. The summed E-state index contributed by atoms with van der Waals surface area (Å²) in [6, 6.07) is 5.79. The lowest BCUT2D eigenvalue weighted by Gasteiger charge is -2.15. The van der Waals surface area contributed by atoms with Crippen molar-refractivity contribution in [1.82, 2.24) is 5.32 Å². The van der Waals surface area contributed by atoms with Gasteiger partial charge in [0.1, 0.15) is 12.6 Å². The third kappa shape index (κ3) is 1.77. The van der Waals surface area contributed by atoms with E-state index >= 15 is 0 Å². The van der Waals surface area contributed by atoms with E-state index in [0.717, 1.165) is 28.9 Å². The summed E-state index contributed by atoms with van der Waals surface area (Å²) < 4.78 is 0. The average molecular weight is 243 g/mol. The van der Waals surface area contributed by atoms with Gasteiger partial charge in [-0.05, 0) is 31.5 Å². The van der Waals surface area contributed by atoms with E-state index in [0.29, 0.717) is 0 Å². The molecule has 0 bridgehead atoms. The molecule has 94 valence electrons. The van der Waals surface area contributed by atoms with E-state index in [1.54, 1.807) is 4.90 Å². The molecule has 4 nitrogen and oxygen atoms in total. The number of amides is 1. The zero-order valence-corrected chi connectivity index (χ0v) is 10.9. The number of fused-ring (bicyclic) bond motifs is 1. The normalized spacial score (nSPS) is 17.8. The van der Waals surface area contributed by atoms with E-state index in [1.165, 1.54) is 0 Å². The summed E-state index contributed by atoms with van der Waals surface area (Å²) in [7, 11) is 0. The summed E-state index contributed by atoms with van der Waals surface area (Å²) in [5, 5.41) is 12.1. The topological polar surface area (TPSA) is 56.1 Å². The molecule has 1 heterocycles. The van der Waals surface area contributed by atoms with E-state index in [1.807, 2.05) is 32.9 Å². The van der Waals surface area contributed by atoms with Crippen LogP contribution in [0.2, 0.25) is 0 Å². The van der Waals surface area contributed by atoms with Crippen LogP contribution < -0.4 is 10.2 Å². The Morgan fingerprint density at radius 2 is 2.06 bits per heavy atom. The average Bonchev–Trinajstić information content (AvgIpc) is 2.62. The van der Waals surface area contributed by atoms with Gasteiger partial charge in [-0.1, -0.05) is 19.1 Å². The molecule has 1 amide bonds. The van der Waals surface area contributed by atoms with Crippen LogP contribution in [0.15, 0.2) is 12.1 Å². The van der Waals surface area contributed by atoms with Gasteiger partial charge in [0.25, 0.3) is 0 Å². The fraction of sp³-hybridized carbons (Fsp3) is 0.429. The van der Waals surface area contributed by atoms with Gasteiger partial charge in [0.05, 0.1) is 11.8 Å². The van der Waals surface area contributed by atoms with Crippen LogP contribution in [-0.4, -0.2) is 19.0 Å². The van der Waals surface area contributed by atoms with E-state index < -0.39 is 0 Å². The highest BCUT2D eigenvalue weighted by Gasteiger charge is 2.38. The van der Waals surface area contributed by atoms with Gasteiger partial charge in [-0.15, -0.1) is 0 Å². The number of nitrogens with zero attached hydrogens (tertiary/aromatic N) is 2. The van der Waals surface area contributed by atoms with Crippen LogP contribution in [0.1, 0.15) is 29.7 Å².